The molecule has 0 saturated carbocycles. The minimum absolute atomic E-state index is 0.730. The van der Waals surface area contributed by atoms with Crippen LogP contribution in [0.25, 0.3) is 0 Å². The van der Waals surface area contributed by atoms with E-state index in [1.54, 1.807) is 0 Å². The van der Waals surface area contributed by atoms with Crippen LogP contribution in [0.2, 0.25) is 0 Å². The molecule has 0 fully saturated rings. The Morgan fingerprint density at radius 3 is 2.62 bits per heavy atom. The van der Waals surface area contributed by atoms with E-state index in [4.69, 9.17) is 11.6 Å². The molecule has 0 spiro atoms. The standard InChI is InChI=1S/C14H22ClN/c1-2-13(8-10-15)12-16-11-9-14-6-4-3-5-7-14/h3-7,13,16H,2,8-12H2,1H3. The van der Waals surface area contributed by atoms with Crippen LogP contribution in [0, 0.1) is 5.92 Å². The van der Waals surface area contributed by atoms with E-state index in [1.165, 1.54) is 12.0 Å². The van der Waals surface area contributed by atoms with Crippen LogP contribution in [-0.2, 0) is 6.42 Å². The number of alkyl halides is 1. The molecule has 1 unspecified atom stereocenters. The van der Waals surface area contributed by atoms with Crippen LogP contribution in [0.3, 0.4) is 0 Å². The molecule has 1 aromatic carbocycles. The Kier molecular flexibility index (Phi) is 7.28. The minimum Gasteiger partial charge on any atom is -0.316 e. The molecule has 1 aromatic rings. The molecule has 1 nitrogen and oxygen atoms in total. The zero-order valence-corrected chi connectivity index (χ0v) is 10.8. The van der Waals surface area contributed by atoms with Gasteiger partial charge >= 0.3 is 0 Å². The van der Waals surface area contributed by atoms with E-state index in [0.29, 0.717) is 0 Å². The highest BCUT2D eigenvalue weighted by atomic mass is 35.5. The fourth-order valence-electron chi connectivity index (χ4n) is 1.79. The van der Waals surface area contributed by atoms with Crippen LogP contribution in [0.1, 0.15) is 25.3 Å². The first-order chi connectivity index (χ1) is 7.86. The number of halogens is 1. The van der Waals surface area contributed by atoms with Crippen molar-refractivity contribution in [3.05, 3.63) is 35.9 Å². The van der Waals surface area contributed by atoms with E-state index in [9.17, 15) is 0 Å². The maximum Gasteiger partial charge on any atom is 0.0226 e. The Morgan fingerprint density at radius 2 is 2.00 bits per heavy atom. The molecule has 0 aliphatic heterocycles. The zero-order valence-electron chi connectivity index (χ0n) is 10.1. The van der Waals surface area contributed by atoms with Gasteiger partial charge in [0.05, 0.1) is 0 Å². The Balaban J connectivity index is 2.11. The van der Waals surface area contributed by atoms with Crippen molar-refractivity contribution in [2.75, 3.05) is 19.0 Å². The van der Waals surface area contributed by atoms with Gasteiger partial charge in [0, 0.05) is 5.88 Å². The highest BCUT2D eigenvalue weighted by Crippen LogP contribution is 2.07. The molecule has 0 aliphatic carbocycles. The molecule has 1 rings (SSSR count). The lowest BCUT2D eigenvalue weighted by Gasteiger charge is -2.14. The molecule has 2 heteroatoms. The number of hydrogen-bond donors (Lipinski definition) is 1. The first-order valence-corrected chi connectivity index (χ1v) is 6.70. The van der Waals surface area contributed by atoms with Gasteiger partial charge in [-0.2, -0.15) is 0 Å². The van der Waals surface area contributed by atoms with Gasteiger partial charge in [0.15, 0.2) is 0 Å². The summed E-state index contributed by atoms with van der Waals surface area (Å²) in [4.78, 5) is 0. The molecule has 0 heterocycles. The molecule has 0 aromatic heterocycles. The largest absolute Gasteiger partial charge is 0.316 e. The lowest BCUT2D eigenvalue weighted by molar-refractivity contribution is 0.454. The maximum absolute atomic E-state index is 5.76. The summed E-state index contributed by atoms with van der Waals surface area (Å²) in [6.07, 6.45) is 3.44. The van der Waals surface area contributed by atoms with Gasteiger partial charge in [-0.1, -0.05) is 43.7 Å². The van der Waals surface area contributed by atoms with Crippen LogP contribution in [0.5, 0.6) is 0 Å². The van der Waals surface area contributed by atoms with Crippen LogP contribution in [0.4, 0.5) is 0 Å². The lowest BCUT2D eigenvalue weighted by atomic mass is 10.0. The minimum atomic E-state index is 0.730. The van der Waals surface area contributed by atoms with Crippen molar-refractivity contribution in [1.82, 2.24) is 5.32 Å². The average Bonchev–Trinajstić information content (AvgIpc) is 2.34. The lowest BCUT2D eigenvalue weighted by Crippen LogP contribution is -2.25. The van der Waals surface area contributed by atoms with Gasteiger partial charge in [0.25, 0.3) is 0 Å². The molecule has 16 heavy (non-hydrogen) atoms. The topological polar surface area (TPSA) is 12.0 Å². The van der Waals surface area contributed by atoms with Gasteiger partial charge in [0.2, 0.25) is 0 Å². The Bertz CT molecular complexity index is 261. The van der Waals surface area contributed by atoms with Gasteiger partial charge in [-0.3, -0.25) is 0 Å². The van der Waals surface area contributed by atoms with Crippen LogP contribution >= 0.6 is 11.6 Å². The predicted molar refractivity (Wildman–Crippen MR) is 72.1 cm³/mol. The number of hydrogen-bond acceptors (Lipinski definition) is 1. The van der Waals surface area contributed by atoms with Crippen LogP contribution in [-0.4, -0.2) is 19.0 Å². The van der Waals surface area contributed by atoms with Crippen molar-refractivity contribution >= 4 is 11.6 Å². The van der Waals surface area contributed by atoms with Gasteiger partial charge in [-0.15, -0.1) is 11.6 Å². The molecule has 0 aliphatic rings. The van der Waals surface area contributed by atoms with Gasteiger partial charge in [-0.25, -0.2) is 0 Å². The van der Waals surface area contributed by atoms with Crippen molar-refractivity contribution in [1.29, 1.82) is 0 Å². The van der Waals surface area contributed by atoms with E-state index >= 15 is 0 Å². The van der Waals surface area contributed by atoms with Crippen molar-refractivity contribution in [3.63, 3.8) is 0 Å². The second kappa shape index (κ2) is 8.60. The first kappa shape index (κ1) is 13.5. The first-order valence-electron chi connectivity index (χ1n) is 6.17. The molecule has 0 radical (unpaired) electrons. The van der Waals surface area contributed by atoms with Gasteiger partial charge in [-0.05, 0) is 37.4 Å². The van der Waals surface area contributed by atoms with E-state index < -0.39 is 0 Å². The smallest absolute Gasteiger partial charge is 0.0226 e. The summed E-state index contributed by atoms with van der Waals surface area (Å²) in [5.41, 5.74) is 1.40. The summed E-state index contributed by atoms with van der Waals surface area (Å²) in [5.74, 6) is 1.51. The molecule has 1 atom stereocenters. The number of rotatable bonds is 8. The van der Waals surface area contributed by atoms with Crippen molar-refractivity contribution in [2.45, 2.75) is 26.2 Å². The summed E-state index contributed by atoms with van der Waals surface area (Å²) >= 11 is 5.76. The van der Waals surface area contributed by atoms with Crippen LogP contribution < -0.4 is 5.32 Å². The molecule has 0 saturated heterocycles. The Hall–Kier alpha value is -0.530. The third-order valence-electron chi connectivity index (χ3n) is 2.96. The molecule has 0 amide bonds. The third-order valence-corrected chi connectivity index (χ3v) is 3.18. The monoisotopic (exact) mass is 239 g/mol. The number of nitrogens with one attached hydrogen (secondary N) is 1. The number of benzene rings is 1. The molecule has 1 N–H and O–H groups in total. The van der Waals surface area contributed by atoms with E-state index in [-0.39, 0.29) is 0 Å². The molecule has 90 valence electrons. The zero-order chi connectivity index (χ0) is 11.6. The van der Waals surface area contributed by atoms with Gasteiger partial charge < -0.3 is 5.32 Å². The Morgan fingerprint density at radius 1 is 1.25 bits per heavy atom. The molecular weight excluding hydrogens is 218 g/mol. The second-order valence-electron chi connectivity index (χ2n) is 4.19. The summed E-state index contributed by atoms with van der Waals surface area (Å²) < 4.78 is 0. The maximum atomic E-state index is 5.76. The summed E-state index contributed by atoms with van der Waals surface area (Å²) in [7, 11) is 0. The normalized spacial score (nSPS) is 12.6. The fourth-order valence-corrected chi connectivity index (χ4v) is 2.10. The predicted octanol–water partition coefficient (Wildman–Crippen LogP) is 3.47. The summed E-state index contributed by atoms with van der Waals surface area (Å²) in [6, 6.07) is 10.6. The highest BCUT2D eigenvalue weighted by Gasteiger charge is 2.04. The fraction of sp³-hybridized carbons (Fsp3) is 0.571. The van der Waals surface area contributed by atoms with E-state index in [2.05, 4.69) is 42.6 Å². The van der Waals surface area contributed by atoms with Crippen molar-refractivity contribution < 1.29 is 0 Å². The van der Waals surface area contributed by atoms with Gasteiger partial charge in [0.1, 0.15) is 0 Å². The third kappa shape index (κ3) is 5.53. The quantitative estimate of drug-likeness (QED) is 0.541. The second-order valence-corrected chi connectivity index (χ2v) is 4.57. The summed E-state index contributed by atoms with van der Waals surface area (Å²) in [5, 5.41) is 3.51. The highest BCUT2D eigenvalue weighted by molar-refractivity contribution is 6.17. The van der Waals surface area contributed by atoms with Crippen molar-refractivity contribution in [3.8, 4) is 0 Å². The average molecular weight is 240 g/mol. The Labute approximate surface area is 104 Å². The van der Waals surface area contributed by atoms with E-state index in [0.717, 1.165) is 37.7 Å². The SMILES string of the molecule is CCC(CCCl)CNCCc1ccccc1. The van der Waals surface area contributed by atoms with Crippen LogP contribution in [0.15, 0.2) is 30.3 Å². The molecule has 0 bridgehead atoms. The molecular formula is C14H22ClN. The summed E-state index contributed by atoms with van der Waals surface area (Å²) in [6.45, 7) is 4.38. The van der Waals surface area contributed by atoms with E-state index in [1.807, 2.05) is 0 Å². The van der Waals surface area contributed by atoms with Crippen molar-refractivity contribution in [2.24, 2.45) is 5.92 Å².